The second-order valence-corrected chi connectivity index (χ2v) is 5.47. The van der Waals surface area contributed by atoms with Crippen molar-refractivity contribution in [3.05, 3.63) is 89.1 Å². The van der Waals surface area contributed by atoms with Gasteiger partial charge in [0.15, 0.2) is 5.78 Å². The Morgan fingerprint density at radius 1 is 1.08 bits per heavy atom. The van der Waals surface area contributed by atoms with E-state index in [9.17, 15) is 9.59 Å². The summed E-state index contributed by atoms with van der Waals surface area (Å²) in [6, 6.07) is 15.9. The van der Waals surface area contributed by atoms with E-state index in [0.717, 1.165) is 5.69 Å². The third kappa shape index (κ3) is 5.94. The lowest BCUT2D eigenvalue weighted by Crippen LogP contribution is -2.08. The Balaban J connectivity index is 2.17. The zero-order valence-electron chi connectivity index (χ0n) is 13.7. The maximum atomic E-state index is 12.1. The van der Waals surface area contributed by atoms with Crippen LogP contribution in [0, 0.1) is 0 Å². The summed E-state index contributed by atoms with van der Waals surface area (Å²) in [5, 5.41) is 3.55. The number of rotatable bonds is 7. The second kappa shape index (κ2) is 9.45. The summed E-state index contributed by atoms with van der Waals surface area (Å²) in [6.07, 6.45) is 4.26. The number of carbonyl (C=O) groups excluding carboxylic acids is 2. The predicted octanol–water partition coefficient (Wildman–Crippen LogP) is 4.64. The molecular weight excluding hydrogens is 338 g/mol. The molecule has 4 nitrogen and oxygen atoms in total. The van der Waals surface area contributed by atoms with Crippen molar-refractivity contribution in [2.75, 3.05) is 11.9 Å². The summed E-state index contributed by atoms with van der Waals surface area (Å²) in [5.74, 6) is -0.715. The highest BCUT2D eigenvalue weighted by atomic mass is 35.5. The third-order valence-electron chi connectivity index (χ3n) is 3.20. The minimum absolute atomic E-state index is 0.196. The number of anilines is 1. The number of esters is 1. The van der Waals surface area contributed by atoms with Gasteiger partial charge in [-0.15, -0.1) is 0 Å². The number of ether oxygens (including phenoxy) is 1. The predicted molar refractivity (Wildman–Crippen MR) is 99.7 cm³/mol. The Bertz CT molecular complexity index is 798. The average Bonchev–Trinajstić information content (AvgIpc) is 2.62. The molecule has 0 aliphatic heterocycles. The molecular formula is C20H18ClNO3. The first-order valence-electron chi connectivity index (χ1n) is 7.77. The quantitative estimate of drug-likeness (QED) is 0.340. The van der Waals surface area contributed by atoms with Gasteiger partial charge in [0.2, 0.25) is 0 Å². The molecule has 2 aromatic carbocycles. The number of hydrogen-bond acceptors (Lipinski definition) is 4. The molecule has 25 heavy (non-hydrogen) atoms. The molecule has 0 saturated heterocycles. The minimum atomic E-state index is -0.519. The van der Waals surface area contributed by atoms with Crippen molar-refractivity contribution < 1.29 is 14.3 Å². The highest BCUT2D eigenvalue weighted by molar-refractivity contribution is 6.30. The highest BCUT2D eigenvalue weighted by Gasteiger charge is 2.09. The first-order chi connectivity index (χ1) is 12.1. The van der Waals surface area contributed by atoms with Crippen molar-refractivity contribution in [1.29, 1.82) is 0 Å². The van der Waals surface area contributed by atoms with Gasteiger partial charge in [-0.2, -0.15) is 0 Å². The number of halogens is 1. The first-order valence-corrected chi connectivity index (χ1v) is 8.15. The van der Waals surface area contributed by atoms with Crippen molar-refractivity contribution in [2.45, 2.75) is 6.92 Å². The van der Waals surface area contributed by atoms with Crippen LogP contribution in [0.25, 0.3) is 0 Å². The van der Waals surface area contributed by atoms with E-state index in [2.05, 4.69) is 5.32 Å². The second-order valence-electron chi connectivity index (χ2n) is 5.04. The fourth-order valence-electron chi connectivity index (χ4n) is 1.99. The molecule has 1 N–H and O–H groups in total. The van der Waals surface area contributed by atoms with Crippen LogP contribution in [0.5, 0.6) is 0 Å². The van der Waals surface area contributed by atoms with Gasteiger partial charge in [-0.05, 0) is 37.3 Å². The Kier molecular flexibility index (Phi) is 6.99. The zero-order chi connectivity index (χ0) is 18.1. The standard InChI is InChI=1S/C20H18ClNO3/c1-2-25-20(24)16(14-22-18-10-6-9-17(21)13-18)11-12-19(23)15-7-4-3-5-8-15/h3-14,22H,2H2,1H3/b12-11+,16-14-. The van der Waals surface area contributed by atoms with Gasteiger partial charge >= 0.3 is 5.97 Å². The molecule has 0 aliphatic carbocycles. The van der Waals surface area contributed by atoms with Crippen LogP contribution >= 0.6 is 11.6 Å². The van der Waals surface area contributed by atoms with Crippen molar-refractivity contribution in [1.82, 2.24) is 0 Å². The van der Waals surface area contributed by atoms with Crippen LogP contribution in [-0.4, -0.2) is 18.4 Å². The van der Waals surface area contributed by atoms with Crippen LogP contribution in [0.2, 0.25) is 5.02 Å². The van der Waals surface area contributed by atoms with E-state index in [1.165, 1.54) is 18.4 Å². The van der Waals surface area contributed by atoms with Gasteiger partial charge in [-0.3, -0.25) is 4.79 Å². The van der Waals surface area contributed by atoms with Gasteiger partial charge in [-0.1, -0.05) is 48.0 Å². The van der Waals surface area contributed by atoms with Crippen molar-refractivity contribution in [3.63, 3.8) is 0 Å². The van der Waals surface area contributed by atoms with Crippen LogP contribution in [0.4, 0.5) is 5.69 Å². The molecule has 0 saturated carbocycles. The topological polar surface area (TPSA) is 55.4 Å². The van der Waals surface area contributed by atoms with Gasteiger partial charge in [0.25, 0.3) is 0 Å². The number of ketones is 1. The molecule has 128 valence electrons. The van der Waals surface area contributed by atoms with Crippen LogP contribution < -0.4 is 5.32 Å². The lowest BCUT2D eigenvalue weighted by Gasteiger charge is -2.05. The van der Waals surface area contributed by atoms with E-state index in [1.54, 1.807) is 49.4 Å². The molecule has 0 spiro atoms. The monoisotopic (exact) mass is 355 g/mol. The average molecular weight is 356 g/mol. The van der Waals surface area contributed by atoms with Crippen LogP contribution in [0.1, 0.15) is 17.3 Å². The lowest BCUT2D eigenvalue weighted by molar-refractivity contribution is -0.138. The first kappa shape index (κ1) is 18.5. The SMILES string of the molecule is CCOC(=O)C(=C\Nc1cccc(Cl)c1)/C=C/C(=O)c1ccccc1. The van der Waals surface area contributed by atoms with Crippen LogP contribution in [0.15, 0.2) is 78.5 Å². The Hall–Kier alpha value is -2.85. The van der Waals surface area contributed by atoms with E-state index in [0.29, 0.717) is 10.6 Å². The molecule has 2 rings (SSSR count). The fraction of sp³-hybridized carbons (Fsp3) is 0.100. The van der Waals surface area contributed by atoms with E-state index in [1.807, 2.05) is 12.1 Å². The number of hydrogen-bond donors (Lipinski definition) is 1. The molecule has 0 bridgehead atoms. The Labute approximate surface area is 151 Å². The summed E-state index contributed by atoms with van der Waals surface area (Å²) < 4.78 is 5.02. The molecule has 0 fully saturated rings. The normalized spacial score (nSPS) is 11.4. The molecule has 0 amide bonds. The highest BCUT2D eigenvalue weighted by Crippen LogP contribution is 2.15. The summed E-state index contributed by atoms with van der Waals surface area (Å²) in [5.41, 5.74) is 1.49. The number of benzene rings is 2. The lowest BCUT2D eigenvalue weighted by atomic mass is 10.1. The summed E-state index contributed by atoms with van der Waals surface area (Å²) in [4.78, 5) is 24.2. The van der Waals surface area contributed by atoms with E-state index in [4.69, 9.17) is 16.3 Å². The summed E-state index contributed by atoms with van der Waals surface area (Å²) in [6.45, 7) is 1.96. The summed E-state index contributed by atoms with van der Waals surface area (Å²) >= 11 is 5.93. The van der Waals surface area contributed by atoms with Gasteiger partial charge in [-0.25, -0.2) is 4.79 Å². The molecule has 2 aromatic rings. The maximum Gasteiger partial charge on any atom is 0.339 e. The third-order valence-corrected chi connectivity index (χ3v) is 3.44. The Morgan fingerprint density at radius 3 is 2.52 bits per heavy atom. The molecule has 0 radical (unpaired) electrons. The molecule has 0 aromatic heterocycles. The van der Waals surface area contributed by atoms with Crippen LogP contribution in [-0.2, 0) is 9.53 Å². The number of allylic oxidation sites excluding steroid dienone is 1. The molecule has 0 unspecified atom stereocenters. The van der Waals surface area contributed by atoms with Gasteiger partial charge < -0.3 is 10.1 Å². The van der Waals surface area contributed by atoms with Crippen LogP contribution in [0.3, 0.4) is 0 Å². The van der Waals surface area contributed by atoms with Gasteiger partial charge in [0.1, 0.15) is 0 Å². The minimum Gasteiger partial charge on any atom is -0.462 e. The van der Waals surface area contributed by atoms with E-state index in [-0.39, 0.29) is 18.0 Å². The fourth-order valence-corrected chi connectivity index (χ4v) is 2.18. The van der Waals surface area contributed by atoms with Crippen molar-refractivity contribution in [3.8, 4) is 0 Å². The van der Waals surface area contributed by atoms with E-state index < -0.39 is 5.97 Å². The van der Waals surface area contributed by atoms with Gasteiger partial charge in [0.05, 0.1) is 12.2 Å². The smallest absolute Gasteiger partial charge is 0.339 e. The number of nitrogens with one attached hydrogen (secondary N) is 1. The Morgan fingerprint density at radius 2 is 1.84 bits per heavy atom. The van der Waals surface area contributed by atoms with Crippen molar-refractivity contribution >= 4 is 29.0 Å². The summed E-state index contributed by atoms with van der Waals surface area (Å²) in [7, 11) is 0. The maximum absolute atomic E-state index is 12.1. The van der Waals surface area contributed by atoms with Gasteiger partial charge in [0, 0.05) is 22.5 Å². The molecule has 0 aliphatic rings. The van der Waals surface area contributed by atoms with E-state index >= 15 is 0 Å². The molecule has 0 heterocycles. The zero-order valence-corrected chi connectivity index (χ0v) is 14.5. The number of carbonyl (C=O) groups is 2. The van der Waals surface area contributed by atoms with Crippen molar-refractivity contribution in [2.24, 2.45) is 0 Å². The molecule has 0 atom stereocenters. The largest absolute Gasteiger partial charge is 0.462 e. The molecule has 5 heteroatoms.